The van der Waals surface area contributed by atoms with E-state index in [0.29, 0.717) is 5.92 Å². The highest BCUT2D eigenvalue weighted by Crippen LogP contribution is 2.34. The molecule has 1 atom stereocenters. The van der Waals surface area contributed by atoms with Crippen LogP contribution in [0, 0.1) is 0 Å². The van der Waals surface area contributed by atoms with E-state index in [2.05, 4.69) is 33.3 Å². The smallest absolute Gasteiger partial charge is 0.122 e. The van der Waals surface area contributed by atoms with Gasteiger partial charge in [0.1, 0.15) is 5.75 Å². The summed E-state index contributed by atoms with van der Waals surface area (Å²) < 4.78 is 7.77. The average molecular weight is 243 g/mol. The van der Waals surface area contributed by atoms with Gasteiger partial charge in [0.05, 0.1) is 18.8 Å². The zero-order valence-electron chi connectivity index (χ0n) is 10.5. The van der Waals surface area contributed by atoms with Crippen molar-refractivity contribution in [1.82, 2.24) is 15.1 Å². The van der Waals surface area contributed by atoms with E-state index in [1.54, 1.807) is 0 Å². The van der Waals surface area contributed by atoms with E-state index in [4.69, 9.17) is 4.74 Å². The van der Waals surface area contributed by atoms with Crippen molar-refractivity contribution >= 4 is 0 Å². The first kappa shape index (κ1) is 11.3. The summed E-state index contributed by atoms with van der Waals surface area (Å²) in [5, 5.41) is 7.55. The van der Waals surface area contributed by atoms with Gasteiger partial charge in [0.15, 0.2) is 0 Å². The zero-order chi connectivity index (χ0) is 12.4. The minimum Gasteiger partial charge on any atom is -0.493 e. The Kier molecular flexibility index (Phi) is 3.02. The van der Waals surface area contributed by atoms with Gasteiger partial charge in [-0.3, -0.25) is 4.68 Å². The molecular formula is C14H17N3O. The maximum atomic E-state index is 5.70. The Bertz CT molecular complexity index is 535. The summed E-state index contributed by atoms with van der Waals surface area (Å²) in [5.41, 5.74) is 2.50. The summed E-state index contributed by atoms with van der Waals surface area (Å²) in [6.07, 6.45) is 1.86. The molecule has 0 bridgehead atoms. The number of nitrogens with one attached hydrogen (secondary N) is 1. The molecule has 1 aliphatic rings. The minimum atomic E-state index is 0.400. The number of hydrogen-bond donors (Lipinski definition) is 1. The second kappa shape index (κ2) is 4.82. The fourth-order valence-corrected chi connectivity index (χ4v) is 2.44. The topological polar surface area (TPSA) is 39.1 Å². The number of para-hydroxylation sites is 1. The number of aromatic nitrogens is 2. The van der Waals surface area contributed by atoms with Gasteiger partial charge in [-0.25, -0.2) is 0 Å². The second-order valence-electron chi connectivity index (χ2n) is 4.58. The van der Waals surface area contributed by atoms with E-state index in [0.717, 1.165) is 25.4 Å². The number of fused-ring (bicyclic) bond motifs is 1. The third-order valence-electron chi connectivity index (χ3n) is 3.35. The molecule has 1 unspecified atom stereocenters. The van der Waals surface area contributed by atoms with Crippen LogP contribution < -0.4 is 10.1 Å². The molecule has 18 heavy (non-hydrogen) atoms. The third-order valence-corrected chi connectivity index (χ3v) is 3.35. The molecular weight excluding hydrogens is 226 g/mol. The molecule has 1 aromatic heterocycles. The lowest BCUT2D eigenvalue weighted by Gasteiger charge is -2.12. The molecule has 2 aromatic rings. The summed E-state index contributed by atoms with van der Waals surface area (Å²) in [6.45, 7) is 2.47. The lowest BCUT2D eigenvalue weighted by atomic mass is 10.0. The molecule has 0 amide bonds. The number of hydrogen-bond acceptors (Lipinski definition) is 3. The fraction of sp³-hybridized carbons (Fsp3) is 0.357. The van der Waals surface area contributed by atoms with Crippen LogP contribution in [0.15, 0.2) is 36.5 Å². The van der Waals surface area contributed by atoms with Gasteiger partial charge >= 0.3 is 0 Å². The molecule has 2 heterocycles. The van der Waals surface area contributed by atoms with Crippen LogP contribution in [-0.4, -0.2) is 23.4 Å². The van der Waals surface area contributed by atoms with E-state index in [9.17, 15) is 0 Å². The Hall–Kier alpha value is -1.81. The maximum Gasteiger partial charge on any atom is 0.122 e. The van der Waals surface area contributed by atoms with Crippen molar-refractivity contribution in [3.63, 3.8) is 0 Å². The van der Waals surface area contributed by atoms with Crippen LogP contribution in [0.3, 0.4) is 0 Å². The predicted octanol–water partition coefficient (Wildman–Crippen LogP) is 1.78. The van der Waals surface area contributed by atoms with Crippen molar-refractivity contribution in [2.24, 2.45) is 0 Å². The van der Waals surface area contributed by atoms with Gasteiger partial charge in [0.2, 0.25) is 0 Å². The highest BCUT2D eigenvalue weighted by Gasteiger charge is 2.24. The van der Waals surface area contributed by atoms with Gasteiger partial charge in [-0.1, -0.05) is 18.2 Å². The van der Waals surface area contributed by atoms with Crippen LogP contribution in [0.5, 0.6) is 5.75 Å². The number of ether oxygens (including phenoxy) is 1. The zero-order valence-corrected chi connectivity index (χ0v) is 10.5. The van der Waals surface area contributed by atoms with Gasteiger partial charge < -0.3 is 10.1 Å². The first-order valence-corrected chi connectivity index (χ1v) is 6.25. The Morgan fingerprint density at radius 1 is 1.39 bits per heavy atom. The number of nitrogens with zero attached hydrogens (tertiary/aromatic N) is 2. The van der Waals surface area contributed by atoms with Crippen LogP contribution in [0.1, 0.15) is 17.2 Å². The Labute approximate surface area is 107 Å². The molecule has 0 radical (unpaired) electrons. The predicted molar refractivity (Wildman–Crippen MR) is 69.7 cm³/mol. The van der Waals surface area contributed by atoms with Crippen LogP contribution in [0.25, 0.3) is 0 Å². The third kappa shape index (κ3) is 1.99. The van der Waals surface area contributed by atoms with Gasteiger partial charge in [0.25, 0.3) is 0 Å². The van der Waals surface area contributed by atoms with Gasteiger partial charge in [0, 0.05) is 24.2 Å². The molecule has 0 fully saturated rings. The Morgan fingerprint density at radius 3 is 3.17 bits per heavy atom. The summed E-state index contributed by atoms with van der Waals surface area (Å²) >= 11 is 0. The highest BCUT2D eigenvalue weighted by molar-refractivity contribution is 5.39. The molecule has 0 aliphatic carbocycles. The summed E-state index contributed by atoms with van der Waals surface area (Å²) in [6, 6.07) is 10.3. The molecule has 0 spiro atoms. The van der Waals surface area contributed by atoms with E-state index < -0.39 is 0 Å². The van der Waals surface area contributed by atoms with Gasteiger partial charge in [-0.05, 0) is 19.2 Å². The molecule has 1 aliphatic heterocycles. The molecule has 3 rings (SSSR count). The van der Waals surface area contributed by atoms with E-state index >= 15 is 0 Å². The van der Waals surface area contributed by atoms with Gasteiger partial charge in [-0.2, -0.15) is 5.10 Å². The normalized spacial score (nSPS) is 17.5. The lowest BCUT2D eigenvalue weighted by Crippen LogP contribution is -2.17. The summed E-state index contributed by atoms with van der Waals surface area (Å²) in [4.78, 5) is 0. The SMILES string of the molecule is CNCc1ccnn1CC1COc2ccccc21. The molecule has 94 valence electrons. The average Bonchev–Trinajstić information content (AvgIpc) is 2.99. The molecule has 4 heteroatoms. The largest absolute Gasteiger partial charge is 0.493 e. The van der Waals surface area contributed by atoms with Crippen molar-refractivity contribution in [3.8, 4) is 5.75 Å². The Morgan fingerprint density at radius 2 is 2.28 bits per heavy atom. The highest BCUT2D eigenvalue weighted by atomic mass is 16.5. The summed E-state index contributed by atoms with van der Waals surface area (Å²) in [5.74, 6) is 1.42. The Balaban J connectivity index is 1.80. The van der Waals surface area contributed by atoms with Crippen molar-refractivity contribution in [3.05, 3.63) is 47.8 Å². The van der Waals surface area contributed by atoms with Crippen molar-refractivity contribution in [2.75, 3.05) is 13.7 Å². The molecule has 4 nitrogen and oxygen atoms in total. The first-order valence-electron chi connectivity index (χ1n) is 6.25. The second-order valence-corrected chi connectivity index (χ2v) is 4.58. The van der Waals surface area contributed by atoms with Crippen LogP contribution in [-0.2, 0) is 13.1 Å². The van der Waals surface area contributed by atoms with E-state index in [1.165, 1.54) is 11.3 Å². The van der Waals surface area contributed by atoms with Crippen LogP contribution in [0.2, 0.25) is 0 Å². The molecule has 0 saturated carbocycles. The summed E-state index contributed by atoms with van der Waals surface area (Å²) in [7, 11) is 1.95. The fourth-order valence-electron chi connectivity index (χ4n) is 2.44. The first-order chi connectivity index (χ1) is 8.88. The quantitative estimate of drug-likeness (QED) is 0.889. The van der Waals surface area contributed by atoms with E-state index in [-0.39, 0.29) is 0 Å². The molecule has 1 N–H and O–H groups in total. The van der Waals surface area contributed by atoms with Crippen molar-refractivity contribution in [2.45, 2.75) is 19.0 Å². The molecule has 0 saturated heterocycles. The minimum absolute atomic E-state index is 0.400. The number of benzene rings is 1. The maximum absolute atomic E-state index is 5.70. The van der Waals surface area contributed by atoms with Crippen molar-refractivity contribution < 1.29 is 4.74 Å². The standard InChI is InChI=1S/C14H17N3O/c1-15-8-12-6-7-16-17(12)9-11-10-18-14-5-3-2-4-13(11)14/h2-7,11,15H,8-10H2,1H3. The lowest BCUT2D eigenvalue weighted by molar-refractivity contribution is 0.313. The molecule has 1 aromatic carbocycles. The van der Waals surface area contributed by atoms with Crippen LogP contribution >= 0.6 is 0 Å². The van der Waals surface area contributed by atoms with Crippen molar-refractivity contribution in [1.29, 1.82) is 0 Å². The van der Waals surface area contributed by atoms with Gasteiger partial charge in [-0.15, -0.1) is 0 Å². The monoisotopic (exact) mass is 243 g/mol. The van der Waals surface area contributed by atoms with Crippen LogP contribution in [0.4, 0.5) is 0 Å². The number of rotatable bonds is 4. The van der Waals surface area contributed by atoms with E-state index in [1.807, 2.05) is 25.4 Å².